The molecule has 0 radical (unpaired) electrons. The molecular formula is C21H30N11O17P3. The second kappa shape index (κ2) is 13.7. The molecule has 52 heavy (non-hydrogen) atoms. The number of fused-ring (bicyclic) bond motifs is 2. The van der Waals surface area contributed by atoms with Crippen LogP contribution in [-0.2, 0) is 43.6 Å². The number of nitrogen functional groups attached to an aromatic ring is 2. The number of H-pyrrole nitrogens is 2. The SMILES string of the molecule is Cn1c[n+]([C@@H]2O[C@H](COP(=O)([O-])NP(=O)(O)OP(=O)(O)OC[C@H]3O[C@@H](n4cnc5c(=O)[nH]c(N)nc54)[C@H](O)[C@@H]3O)[C@@H](O)[C@H]2O)c2nc(N)[nH]c(=O)c21. The molecule has 0 saturated carbocycles. The van der Waals surface area contributed by atoms with E-state index in [-0.39, 0.29) is 34.2 Å². The van der Waals surface area contributed by atoms with E-state index in [0.29, 0.717) is 0 Å². The van der Waals surface area contributed by atoms with Crippen molar-refractivity contribution in [3.63, 3.8) is 0 Å². The number of imidazole rings is 2. The van der Waals surface area contributed by atoms with Crippen LogP contribution >= 0.6 is 23.3 Å². The topological polar surface area (TPSA) is 424 Å². The van der Waals surface area contributed by atoms with Gasteiger partial charge in [-0.1, -0.05) is 4.98 Å². The largest absolute Gasteiger partial charge is 0.766 e. The molecule has 6 heterocycles. The van der Waals surface area contributed by atoms with Crippen molar-refractivity contribution in [2.75, 3.05) is 24.7 Å². The molecule has 0 aliphatic carbocycles. The summed E-state index contributed by atoms with van der Waals surface area (Å²) in [5, 5.41) is 42.1. The van der Waals surface area contributed by atoms with Crippen molar-refractivity contribution in [3.05, 3.63) is 33.4 Å². The zero-order valence-corrected chi connectivity index (χ0v) is 28.7. The predicted molar refractivity (Wildman–Crippen MR) is 164 cm³/mol. The maximum Gasteiger partial charge on any atom is 0.480 e. The first-order valence-corrected chi connectivity index (χ1v) is 19.1. The number of hydrogen-bond donors (Lipinski definition) is 11. The van der Waals surface area contributed by atoms with E-state index in [9.17, 15) is 58.4 Å². The fraction of sp³-hybridized carbons (Fsp3) is 0.524. The Bertz CT molecular complexity index is 2280. The molecule has 286 valence electrons. The average molecular weight is 801 g/mol. The van der Waals surface area contributed by atoms with E-state index in [0.717, 1.165) is 20.3 Å². The van der Waals surface area contributed by atoms with E-state index in [1.165, 1.54) is 17.9 Å². The molecule has 4 aromatic heterocycles. The summed E-state index contributed by atoms with van der Waals surface area (Å²) in [5.74, 6) is -0.588. The second-order valence-corrected chi connectivity index (χ2v) is 16.3. The van der Waals surface area contributed by atoms with Crippen LogP contribution in [0.3, 0.4) is 0 Å². The van der Waals surface area contributed by atoms with Gasteiger partial charge in [0.05, 0.1) is 26.6 Å². The van der Waals surface area contributed by atoms with Gasteiger partial charge in [0, 0.05) is 0 Å². The maximum atomic E-state index is 12.5. The number of aliphatic hydroxyl groups is 4. The summed E-state index contributed by atoms with van der Waals surface area (Å²) in [6.07, 6.45) is -11.0. The van der Waals surface area contributed by atoms with Gasteiger partial charge in [-0.05, 0) is 0 Å². The molecule has 2 aliphatic rings. The van der Waals surface area contributed by atoms with Crippen molar-refractivity contribution >= 4 is 57.5 Å². The van der Waals surface area contributed by atoms with Gasteiger partial charge in [0.1, 0.15) is 36.6 Å². The number of aromatic nitrogens is 8. The Labute approximate surface area is 286 Å². The lowest BCUT2D eigenvalue weighted by atomic mass is 10.1. The summed E-state index contributed by atoms with van der Waals surface area (Å²) in [4.78, 5) is 74.2. The highest BCUT2D eigenvalue weighted by Gasteiger charge is 2.49. The van der Waals surface area contributed by atoms with E-state index in [4.69, 9.17) is 20.9 Å². The fourth-order valence-electron chi connectivity index (χ4n) is 5.48. The van der Waals surface area contributed by atoms with Gasteiger partial charge in [-0.3, -0.25) is 37.8 Å². The highest BCUT2D eigenvalue weighted by atomic mass is 31.3. The van der Waals surface area contributed by atoms with Gasteiger partial charge in [0.2, 0.25) is 25.4 Å². The summed E-state index contributed by atoms with van der Waals surface area (Å²) in [7, 11) is -15.7. The van der Waals surface area contributed by atoms with Crippen molar-refractivity contribution in [3.8, 4) is 0 Å². The summed E-state index contributed by atoms with van der Waals surface area (Å²) in [6, 6.07) is 0. The highest BCUT2D eigenvalue weighted by Crippen LogP contribution is 2.61. The van der Waals surface area contributed by atoms with Crippen molar-refractivity contribution < 1.29 is 76.2 Å². The van der Waals surface area contributed by atoms with Crippen LogP contribution in [-0.4, -0.2) is 114 Å². The van der Waals surface area contributed by atoms with Crippen LogP contribution in [0.15, 0.2) is 22.2 Å². The molecule has 3 unspecified atom stereocenters. The Hall–Kier alpha value is -3.53. The van der Waals surface area contributed by atoms with E-state index >= 15 is 0 Å². The van der Waals surface area contributed by atoms with Crippen LogP contribution < -0.4 is 36.9 Å². The van der Waals surface area contributed by atoms with Crippen LogP contribution in [0, 0.1) is 0 Å². The third kappa shape index (κ3) is 7.46. The number of nitrogens with zero attached hydrogens (tertiary/aromatic N) is 6. The first-order valence-electron chi connectivity index (χ1n) is 14.4. The lowest BCUT2D eigenvalue weighted by molar-refractivity contribution is -0.745. The van der Waals surface area contributed by atoms with Crippen molar-refractivity contribution in [2.24, 2.45) is 7.05 Å². The Morgan fingerprint density at radius 2 is 1.58 bits per heavy atom. The van der Waals surface area contributed by atoms with Crippen LogP contribution in [0.1, 0.15) is 12.5 Å². The minimum absolute atomic E-state index is 0.00983. The number of aryl methyl sites for hydroxylation is 1. The van der Waals surface area contributed by atoms with Crippen LogP contribution in [0.2, 0.25) is 0 Å². The summed E-state index contributed by atoms with van der Waals surface area (Å²) >= 11 is 0. The zero-order chi connectivity index (χ0) is 38.1. The second-order valence-electron chi connectivity index (χ2n) is 11.4. The molecule has 0 aromatic carbocycles. The van der Waals surface area contributed by atoms with E-state index in [1.807, 2.05) is 0 Å². The molecule has 0 spiro atoms. The summed E-state index contributed by atoms with van der Waals surface area (Å²) < 4.78 is 65.3. The zero-order valence-electron chi connectivity index (χ0n) is 26.0. The minimum Gasteiger partial charge on any atom is -0.766 e. The number of nitrogens with two attached hydrogens (primary N) is 2. The van der Waals surface area contributed by atoms with Crippen LogP contribution in [0.5, 0.6) is 0 Å². The Kier molecular flexibility index (Phi) is 10.1. The van der Waals surface area contributed by atoms with Crippen LogP contribution in [0.4, 0.5) is 11.9 Å². The van der Waals surface area contributed by atoms with Crippen molar-refractivity contribution in [2.45, 2.75) is 49.1 Å². The molecule has 31 heteroatoms. The summed E-state index contributed by atoms with van der Waals surface area (Å²) in [5.41, 5.74) is 9.38. The molecule has 11 atom stereocenters. The third-order valence-electron chi connectivity index (χ3n) is 7.74. The predicted octanol–water partition coefficient (Wildman–Crippen LogP) is -5.61. The van der Waals surface area contributed by atoms with Gasteiger partial charge in [0.25, 0.3) is 17.1 Å². The van der Waals surface area contributed by atoms with Crippen molar-refractivity contribution in [1.82, 2.24) is 38.9 Å². The normalized spacial score (nSPS) is 30.1. The monoisotopic (exact) mass is 801 g/mol. The number of hydrogen-bond acceptors (Lipinski definition) is 20. The Balaban J connectivity index is 1.05. The quantitative estimate of drug-likeness (QED) is 0.0470. The smallest absolute Gasteiger partial charge is 0.480 e. The molecule has 2 aliphatic heterocycles. The molecular weight excluding hydrogens is 771 g/mol. The van der Waals surface area contributed by atoms with Gasteiger partial charge < -0.3 is 60.6 Å². The number of aromatic amines is 2. The molecule has 0 bridgehead atoms. The molecule has 13 N–H and O–H groups in total. The average Bonchev–Trinajstić information content (AvgIpc) is 3.74. The molecule has 2 saturated heterocycles. The number of nitrogens with one attached hydrogen (secondary N) is 3. The molecule has 0 amide bonds. The van der Waals surface area contributed by atoms with Gasteiger partial charge in [-0.25, -0.2) is 18.7 Å². The minimum atomic E-state index is -5.81. The standard InChI is InChI=1S/C21H30N11O17P3/c1-30-5-32(15-9(30)17(38)28-21(23)26-15)19-13(36)10(33)6(48-19)2-45-50(39,40)29-51(41,42)49-52(43,44)46-3-7-11(34)12(35)18(47-7)31-4-24-8-14(31)25-20(22)27-16(8)37/h4-7,10-13,18-19,33-36H,2-3H2,1H3,(H9-,22,23,25,26,27,28,29,37,38,39,40,41,42,43,44)/t6-,7-,10-,11-,12-,13-,18-,19-/m1/s1. The number of ether oxygens (including phenoxy) is 2. The maximum absolute atomic E-state index is 12.5. The van der Waals surface area contributed by atoms with E-state index in [2.05, 4.69) is 38.3 Å². The van der Waals surface area contributed by atoms with Gasteiger partial charge in [0.15, 0.2) is 23.7 Å². The third-order valence-corrected chi connectivity index (χ3v) is 12.4. The number of phosphoric acid groups is 1. The molecule has 2 fully saturated rings. The first kappa shape index (κ1) is 38.2. The lowest BCUT2D eigenvalue weighted by Crippen LogP contribution is -2.46. The van der Waals surface area contributed by atoms with E-state index < -0.39 is 96.7 Å². The Morgan fingerprint density at radius 3 is 2.29 bits per heavy atom. The molecule has 6 rings (SSSR count). The van der Waals surface area contributed by atoms with Gasteiger partial charge >= 0.3 is 21.2 Å². The number of aliphatic hydroxyl groups excluding tert-OH is 4. The van der Waals surface area contributed by atoms with Gasteiger partial charge in [-0.2, -0.15) is 14.2 Å². The van der Waals surface area contributed by atoms with E-state index in [1.54, 1.807) is 0 Å². The highest BCUT2D eigenvalue weighted by molar-refractivity contribution is 7.70. The fourth-order valence-corrected chi connectivity index (χ4v) is 9.41. The van der Waals surface area contributed by atoms with Gasteiger partial charge in [-0.15, -0.1) is 0 Å². The first-order chi connectivity index (χ1) is 24.2. The van der Waals surface area contributed by atoms with Crippen molar-refractivity contribution in [1.29, 1.82) is 0 Å². The van der Waals surface area contributed by atoms with Crippen LogP contribution in [0.25, 0.3) is 22.3 Å². The molecule has 4 aromatic rings. The lowest BCUT2D eigenvalue weighted by Gasteiger charge is -2.28. The number of phosphoric ester groups is 1. The summed E-state index contributed by atoms with van der Waals surface area (Å²) in [6.45, 7) is -2.16. The molecule has 28 nitrogen and oxygen atoms in total. The number of anilines is 2. The Morgan fingerprint density at radius 1 is 0.962 bits per heavy atom. The number of rotatable bonds is 12.